The fraction of sp³-hybridized carbons (Fsp3) is 0.708. The van der Waals surface area contributed by atoms with Gasteiger partial charge in [0.2, 0.25) is 0 Å². The zero-order valence-corrected chi connectivity index (χ0v) is 20.5. The molecular weight excluding hydrogens is 433 g/mol. The summed E-state index contributed by atoms with van der Waals surface area (Å²) >= 11 is 0. The number of hydrogen-bond acceptors (Lipinski definition) is 5. The Hall–Kier alpha value is -1.83. The summed E-state index contributed by atoms with van der Waals surface area (Å²) in [5.74, 6) is 0.243. The highest BCUT2D eigenvalue weighted by Crippen LogP contribution is 2.54. The van der Waals surface area contributed by atoms with E-state index in [2.05, 4.69) is 20.8 Å². The minimum atomic E-state index is -3.57. The molecule has 1 aliphatic heterocycles. The molecule has 3 rings (SSSR count). The van der Waals surface area contributed by atoms with Gasteiger partial charge in [-0.3, -0.25) is 0 Å². The summed E-state index contributed by atoms with van der Waals surface area (Å²) in [5.41, 5.74) is 0.349. The highest BCUT2D eigenvalue weighted by Gasteiger charge is 2.46. The number of nitrogens with zero attached hydrogens (tertiary/aromatic N) is 1. The van der Waals surface area contributed by atoms with Crippen molar-refractivity contribution in [2.24, 2.45) is 16.7 Å². The summed E-state index contributed by atoms with van der Waals surface area (Å²) in [4.78, 5) is 13.8. The molecule has 1 aromatic carbocycles. The number of ether oxygens (including phenoxy) is 2. The van der Waals surface area contributed by atoms with Crippen LogP contribution in [0, 0.1) is 22.6 Å². The molecule has 8 heteroatoms. The van der Waals surface area contributed by atoms with Gasteiger partial charge in [0.1, 0.15) is 16.5 Å². The lowest BCUT2D eigenvalue weighted by molar-refractivity contribution is -0.0202. The lowest BCUT2D eigenvalue weighted by Crippen LogP contribution is -2.49. The van der Waals surface area contributed by atoms with Crippen LogP contribution in [0.4, 0.5) is 9.18 Å². The molecular formula is C24H36FNO5S. The molecule has 0 bridgehead atoms. The van der Waals surface area contributed by atoms with E-state index in [1.165, 1.54) is 25.0 Å². The second-order valence-electron chi connectivity index (χ2n) is 10.7. The molecule has 1 saturated carbocycles. The third-order valence-corrected chi connectivity index (χ3v) is 7.61. The Morgan fingerprint density at radius 3 is 2.44 bits per heavy atom. The quantitative estimate of drug-likeness (QED) is 0.522. The Labute approximate surface area is 191 Å². The number of sulfone groups is 1. The van der Waals surface area contributed by atoms with E-state index in [1.54, 1.807) is 0 Å². The number of halogens is 1. The largest absolute Gasteiger partial charge is 0.493 e. The molecule has 6 nitrogen and oxygen atoms in total. The predicted octanol–water partition coefficient (Wildman–Crippen LogP) is 5.06. The van der Waals surface area contributed by atoms with Crippen LogP contribution in [-0.4, -0.2) is 52.0 Å². The Kier molecular flexibility index (Phi) is 7.42. The van der Waals surface area contributed by atoms with Gasteiger partial charge in [-0.1, -0.05) is 20.8 Å². The molecule has 180 valence electrons. The number of carbonyl (C=O) groups excluding carboxylic acids is 1. The van der Waals surface area contributed by atoms with Crippen molar-refractivity contribution in [3.05, 3.63) is 24.0 Å². The standard InChI is InChI=1S/C24H36FNO5S/c1-23(2,3)17-31-22(27)26-11-9-24(10-12-26)15-18(16-24)6-5-13-30-19-7-8-21(20(25)14-19)32(4,28)29/h7-8,14,18H,5-6,9-13,15-17H2,1-4H3. The molecule has 1 aromatic rings. The van der Waals surface area contributed by atoms with E-state index in [0.29, 0.717) is 30.3 Å². The van der Waals surface area contributed by atoms with E-state index in [4.69, 9.17) is 9.47 Å². The van der Waals surface area contributed by atoms with Gasteiger partial charge in [-0.2, -0.15) is 0 Å². The maximum Gasteiger partial charge on any atom is 0.409 e. The summed E-state index contributed by atoms with van der Waals surface area (Å²) < 4.78 is 47.9. The van der Waals surface area contributed by atoms with Gasteiger partial charge in [-0.25, -0.2) is 17.6 Å². The Bertz CT molecular complexity index is 909. The first-order valence-electron chi connectivity index (χ1n) is 11.4. The van der Waals surface area contributed by atoms with Crippen LogP contribution in [0.15, 0.2) is 23.1 Å². The Balaban J connectivity index is 1.33. The van der Waals surface area contributed by atoms with Crippen LogP contribution in [0.5, 0.6) is 5.75 Å². The van der Waals surface area contributed by atoms with Gasteiger partial charge in [0.25, 0.3) is 0 Å². The average Bonchev–Trinajstić information content (AvgIpc) is 2.67. The van der Waals surface area contributed by atoms with Crippen molar-refractivity contribution in [2.75, 3.05) is 32.6 Å². The fourth-order valence-corrected chi connectivity index (χ4v) is 5.47. The number of hydrogen-bond donors (Lipinski definition) is 0. The molecule has 2 aliphatic rings. The maximum atomic E-state index is 13.9. The molecule has 1 aliphatic carbocycles. The van der Waals surface area contributed by atoms with E-state index < -0.39 is 15.7 Å². The normalized spacial score (nSPS) is 19.0. The predicted molar refractivity (Wildman–Crippen MR) is 121 cm³/mol. The molecule has 32 heavy (non-hydrogen) atoms. The van der Waals surface area contributed by atoms with Crippen LogP contribution in [-0.2, 0) is 14.6 Å². The minimum absolute atomic E-state index is 0.0225. The van der Waals surface area contributed by atoms with Crippen molar-refractivity contribution < 1.29 is 27.1 Å². The van der Waals surface area contributed by atoms with Crippen LogP contribution < -0.4 is 4.74 Å². The zero-order chi connectivity index (χ0) is 23.6. The number of likely N-dealkylation sites (tertiary alicyclic amines) is 1. The van der Waals surface area contributed by atoms with Crippen LogP contribution in [0.25, 0.3) is 0 Å². The molecule has 1 spiro atoms. The van der Waals surface area contributed by atoms with Gasteiger partial charge in [0, 0.05) is 25.4 Å². The zero-order valence-electron chi connectivity index (χ0n) is 19.7. The van der Waals surface area contributed by atoms with Crippen molar-refractivity contribution in [2.45, 2.75) is 64.2 Å². The molecule has 0 aromatic heterocycles. The SMILES string of the molecule is CC(C)(C)COC(=O)N1CCC2(CC1)CC(CCCOc1ccc(S(C)(=O)=O)c(F)c1)C2. The van der Waals surface area contributed by atoms with Gasteiger partial charge < -0.3 is 14.4 Å². The fourth-order valence-electron chi connectivity index (χ4n) is 4.74. The molecule has 1 heterocycles. The van der Waals surface area contributed by atoms with Crippen molar-refractivity contribution in [3.63, 3.8) is 0 Å². The first-order chi connectivity index (χ1) is 14.9. The molecule has 0 unspecified atom stereocenters. The lowest BCUT2D eigenvalue weighted by Gasteiger charge is -2.52. The lowest BCUT2D eigenvalue weighted by atomic mass is 9.56. The van der Waals surface area contributed by atoms with Gasteiger partial charge in [-0.05, 0) is 67.4 Å². The Morgan fingerprint density at radius 2 is 1.88 bits per heavy atom. The average molecular weight is 470 g/mol. The topological polar surface area (TPSA) is 72.9 Å². The summed E-state index contributed by atoms with van der Waals surface area (Å²) in [6.07, 6.45) is 7.19. The van der Waals surface area contributed by atoms with E-state index in [0.717, 1.165) is 51.1 Å². The van der Waals surface area contributed by atoms with Crippen molar-refractivity contribution in [1.82, 2.24) is 4.90 Å². The number of piperidine rings is 1. The third kappa shape index (κ3) is 6.59. The van der Waals surface area contributed by atoms with E-state index in [9.17, 15) is 17.6 Å². The molecule has 0 atom stereocenters. The molecule has 0 N–H and O–H groups in total. The van der Waals surface area contributed by atoms with Gasteiger partial charge in [-0.15, -0.1) is 0 Å². The summed E-state index contributed by atoms with van der Waals surface area (Å²) in [6, 6.07) is 3.88. The van der Waals surface area contributed by atoms with Crippen molar-refractivity contribution in [3.8, 4) is 5.75 Å². The molecule has 0 radical (unpaired) electrons. The number of carbonyl (C=O) groups is 1. The van der Waals surface area contributed by atoms with Crippen LogP contribution in [0.1, 0.15) is 59.3 Å². The highest BCUT2D eigenvalue weighted by molar-refractivity contribution is 7.90. The van der Waals surface area contributed by atoms with Gasteiger partial charge in [0.05, 0.1) is 13.2 Å². The molecule has 1 amide bonds. The summed E-state index contributed by atoms with van der Waals surface area (Å²) in [6.45, 7) is 8.62. The van der Waals surface area contributed by atoms with Gasteiger partial charge >= 0.3 is 6.09 Å². The van der Waals surface area contributed by atoms with Crippen LogP contribution >= 0.6 is 0 Å². The van der Waals surface area contributed by atoms with E-state index in [1.807, 2.05) is 4.90 Å². The molecule has 2 fully saturated rings. The summed E-state index contributed by atoms with van der Waals surface area (Å²) in [7, 11) is -3.57. The first-order valence-corrected chi connectivity index (χ1v) is 13.3. The van der Waals surface area contributed by atoms with E-state index in [-0.39, 0.29) is 16.4 Å². The second-order valence-corrected chi connectivity index (χ2v) is 12.7. The smallest absolute Gasteiger partial charge is 0.409 e. The van der Waals surface area contributed by atoms with Crippen molar-refractivity contribution >= 4 is 15.9 Å². The third-order valence-electron chi connectivity index (χ3n) is 6.48. The monoisotopic (exact) mass is 469 g/mol. The van der Waals surface area contributed by atoms with Crippen LogP contribution in [0.2, 0.25) is 0 Å². The summed E-state index contributed by atoms with van der Waals surface area (Å²) in [5, 5.41) is 0. The maximum absolute atomic E-state index is 13.9. The first kappa shape index (κ1) is 24.8. The minimum Gasteiger partial charge on any atom is -0.493 e. The van der Waals surface area contributed by atoms with E-state index >= 15 is 0 Å². The highest BCUT2D eigenvalue weighted by atomic mass is 32.2. The van der Waals surface area contributed by atoms with Gasteiger partial charge in [0.15, 0.2) is 9.84 Å². The number of rotatable bonds is 7. The number of amides is 1. The van der Waals surface area contributed by atoms with Crippen molar-refractivity contribution in [1.29, 1.82) is 0 Å². The van der Waals surface area contributed by atoms with Crippen LogP contribution in [0.3, 0.4) is 0 Å². The second kappa shape index (κ2) is 9.57. The number of benzene rings is 1. The Morgan fingerprint density at radius 1 is 1.22 bits per heavy atom. The molecule has 1 saturated heterocycles.